The zero-order chi connectivity index (χ0) is 20.1. The first kappa shape index (κ1) is 24.9. The molecule has 0 aliphatic carbocycles. The highest BCUT2D eigenvalue weighted by Crippen LogP contribution is 2.23. The Kier molecular flexibility index (Phi) is 9.38. The third kappa shape index (κ3) is 7.02. The highest BCUT2D eigenvalue weighted by molar-refractivity contribution is 14.0. The van der Waals surface area contributed by atoms with E-state index in [1.807, 2.05) is 0 Å². The van der Waals surface area contributed by atoms with Gasteiger partial charge in [-0.3, -0.25) is 4.99 Å². The normalized spacial score (nSPS) is 12.4. The summed E-state index contributed by atoms with van der Waals surface area (Å²) in [7, 11) is -1.94. The highest BCUT2D eigenvalue weighted by atomic mass is 127. The molecule has 0 radical (unpaired) electrons. The van der Waals surface area contributed by atoms with Crippen LogP contribution < -0.4 is 15.8 Å². The first-order valence-electron chi connectivity index (χ1n) is 8.81. The fraction of sp³-hybridized carbons (Fsp3) is 0.421. The molecule has 0 amide bonds. The molecule has 0 aliphatic rings. The molecule has 0 bridgehead atoms. The number of primary sulfonamides is 1. The minimum atomic E-state index is -3.65. The second-order valence-electron chi connectivity index (χ2n) is 6.98. The predicted molar refractivity (Wildman–Crippen MR) is 128 cm³/mol. The summed E-state index contributed by atoms with van der Waals surface area (Å²) in [5.41, 5.74) is 2.53. The van der Waals surface area contributed by atoms with Crippen LogP contribution in [0.4, 0.5) is 0 Å². The van der Waals surface area contributed by atoms with Crippen LogP contribution in [0.25, 0.3) is 0 Å². The lowest BCUT2D eigenvalue weighted by molar-refractivity contribution is 0.508. The lowest BCUT2D eigenvalue weighted by Crippen LogP contribution is -2.43. The molecule has 2 aromatic rings. The molecule has 28 heavy (non-hydrogen) atoms. The van der Waals surface area contributed by atoms with Gasteiger partial charge >= 0.3 is 0 Å². The number of aryl methyl sites for hydroxylation is 1. The van der Waals surface area contributed by atoms with E-state index in [9.17, 15) is 8.42 Å². The van der Waals surface area contributed by atoms with Crippen molar-refractivity contribution in [2.45, 2.75) is 43.4 Å². The summed E-state index contributed by atoms with van der Waals surface area (Å²) in [6.07, 6.45) is 1.03. The number of nitrogens with zero attached hydrogens (tertiary/aromatic N) is 1. The van der Waals surface area contributed by atoms with Crippen LogP contribution in [0, 0.1) is 0 Å². The molecule has 1 aromatic heterocycles. The van der Waals surface area contributed by atoms with Crippen molar-refractivity contribution in [3.8, 4) is 0 Å². The SMILES string of the molecule is CCc1ccc(C(C)(C)CNC(=NC)NCc2ccc(S(N)(=O)=O)s2)cc1.I. The van der Waals surface area contributed by atoms with Crippen LogP contribution in [-0.4, -0.2) is 28.0 Å². The molecule has 4 N–H and O–H groups in total. The van der Waals surface area contributed by atoms with E-state index in [0.29, 0.717) is 19.0 Å². The van der Waals surface area contributed by atoms with E-state index >= 15 is 0 Å². The van der Waals surface area contributed by atoms with Gasteiger partial charge in [0, 0.05) is 23.9 Å². The van der Waals surface area contributed by atoms with E-state index in [0.717, 1.165) is 22.6 Å². The summed E-state index contributed by atoms with van der Waals surface area (Å²) >= 11 is 1.16. The van der Waals surface area contributed by atoms with Crippen molar-refractivity contribution >= 4 is 51.3 Å². The number of hydrogen-bond donors (Lipinski definition) is 3. The van der Waals surface area contributed by atoms with Gasteiger partial charge in [-0.05, 0) is 29.7 Å². The molecule has 0 saturated carbocycles. The fourth-order valence-electron chi connectivity index (χ4n) is 2.60. The molecule has 0 atom stereocenters. The zero-order valence-electron chi connectivity index (χ0n) is 16.7. The second-order valence-corrected chi connectivity index (χ2v) is 9.94. The summed E-state index contributed by atoms with van der Waals surface area (Å²) in [6, 6.07) is 12.0. The Bertz CT molecular complexity index is 891. The topological polar surface area (TPSA) is 96.6 Å². The summed E-state index contributed by atoms with van der Waals surface area (Å²) in [6.45, 7) is 7.71. The number of aliphatic imine (C=N–C) groups is 1. The maximum atomic E-state index is 11.4. The summed E-state index contributed by atoms with van der Waals surface area (Å²) in [5, 5.41) is 11.7. The van der Waals surface area contributed by atoms with E-state index < -0.39 is 10.0 Å². The maximum Gasteiger partial charge on any atom is 0.247 e. The molecule has 0 spiro atoms. The Labute approximate surface area is 189 Å². The van der Waals surface area contributed by atoms with Gasteiger partial charge < -0.3 is 10.6 Å². The average molecular weight is 537 g/mol. The number of sulfonamides is 1. The molecule has 156 valence electrons. The fourth-order valence-corrected chi connectivity index (χ4v) is 4.31. The van der Waals surface area contributed by atoms with Crippen LogP contribution in [0.5, 0.6) is 0 Å². The van der Waals surface area contributed by atoms with Crippen LogP contribution in [0.15, 0.2) is 45.6 Å². The molecule has 2 rings (SSSR count). The van der Waals surface area contributed by atoms with E-state index in [4.69, 9.17) is 5.14 Å². The first-order valence-corrected chi connectivity index (χ1v) is 11.2. The first-order chi connectivity index (χ1) is 12.7. The molecule has 0 unspecified atom stereocenters. The van der Waals surface area contributed by atoms with Crippen LogP contribution in [-0.2, 0) is 28.4 Å². The number of benzene rings is 1. The third-order valence-electron chi connectivity index (χ3n) is 4.41. The van der Waals surface area contributed by atoms with Crippen molar-refractivity contribution < 1.29 is 8.42 Å². The van der Waals surface area contributed by atoms with E-state index in [1.54, 1.807) is 13.1 Å². The zero-order valence-corrected chi connectivity index (χ0v) is 20.6. The van der Waals surface area contributed by atoms with Crippen molar-refractivity contribution in [2.24, 2.45) is 10.1 Å². The van der Waals surface area contributed by atoms with Crippen molar-refractivity contribution in [1.82, 2.24) is 10.6 Å². The molecule has 0 aliphatic heterocycles. The van der Waals surface area contributed by atoms with Crippen molar-refractivity contribution in [3.63, 3.8) is 0 Å². The molecular formula is C19H29IN4O2S2. The van der Waals surface area contributed by atoms with Gasteiger partial charge in [-0.25, -0.2) is 13.6 Å². The highest BCUT2D eigenvalue weighted by Gasteiger charge is 2.21. The van der Waals surface area contributed by atoms with Gasteiger partial charge in [-0.1, -0.05) is 45.0 Å². The van der Waals surface area contributed by atoms with Crippen LogP contribution in [0.3, 0.4) is 0 Å². The number of nitrogens with two attached hydrogens (primary N) is 1. The van der Waals surface area contributed by atoms with Crippen molar-refractivity contribution in [1.29, 1.82) is 0 Å². The van der Waals surface area contributed by atoms with E-state index in [2.05, 4.69) is 60.7 Å². The molecular weight excluding hydrogens is 507 g/mol. The quantitative estimate of drug-likeness (QED) is 0.288. The molecule has 0 fully saturated rings. The summed E-state index contributed by atoms with van der Waals surface area (Å²) < 4.78 is 22.9. The minimum absolute atomic E-state index is 0. The number of thiophene rings is 1. The summed E-state index contributed by atoms with van der Waals surface area (Å²) in [5.74, 6) is 0.666. The van der Waals surface area contributed by atoms with Gasteiger partial charge in [0.2, 0.25) is 10.0 Å². The largest absolute Gasteiger partial charge is 0.356 e. The lowest BCUT2D eigenvalue weighted by atomic mass is 9.84. The van der Waals surface area contributed by atoms with E-state index in [1.165, 1.54) is 17.2 Å². The van der Waals surface area contributed by atoms with Gasteiger partial charge in [0.1, 0.15) is 4.21 Å². The Morgan fingerprint density at radius 2 is 1.79 bits per heavy atom. The Morgan fingerprint density at radius 1 is 1.14 bits per heavy atom. The van der Waals surface area contributed by atoms with Crippen molar-refractivity contribution in [3.05, 3.63) is 52.4 Å². The number of hydrogen-bond acceptors (Lipinski definition) is 4. The average Bonchev–Trinajstić information content (AvgIpc) is 3.11. The van der Waals surface area contributed by atoms with Gasteiger partial charge in [0.05, 0.1) is 6.54 Å². The van der Waals surface area contributed by atoms with Gasteiger partial charge in [-0.2, -0.15) is 0 Å². The minimum Gasteiger partial charge on any atom is -0.356 e. The second kappa shape index (κ2) is 10.6. The maximum absolute atomic E-state index is 11.4. The van der Waals surface area contributed by atoms with Gasteiger partial charge in [0.25, 0.3) is 0 Å². The number of halogens is 1. The number of rotatable bonds is 7. The summed E-state index contributed by atoms with van der Waals surface area (Å²) in [4.78, 5) is 5.11. The molecule has 1 aromatic carbocycles. The third-order valence-corrected chi connectivity index (χ3v) is 6.94. The van der Waals surface area contributed by atoms with Crippen LogP contribution in [0.2, 0.25) is 0 Å². The number of nitrogens with one attached hydrogen (secondary N) is 2. The Balaban J connectivity index is 0.00000392. The van der Waals surface area contributed by atoms with Gasteiger partial charge in [0.15, 0.2) is 5.96 Å². The van der Waals surface area contributed by atoms with Gasteiger partial charge in [-0.15, -0.1) is 35.3 Å². The molecule has 6 nitrogen and oxygen atoms in total. The standard InChI is InChI=1S/C19H28N4O2S2.HI/c1-5-14-6-8-15(9-7-14)19(2,3)13-23-18(21-4)22-12-16-10-11-17(26-16)27(20,24)25;/h6-11H,5,12-13H2,1-4H3,(H2,20,24,25)(H2,21,22,23);1H. The van der Waals surface area contributed by atoms with Crippen LogP contribution in [0.1, 0.15) is 36.8 Å². The molecule has 0 saturated heterocycles. The number of guanidine groups is 1. The molecule has 1 heterocycles. The van der Waals surface area contributed by atoms with Crippen molar-refractivity contribution in [2.75, 3.05) is 13.6 Å². The van der Waals surface area contributed by atoms with E-state index in [-0.39, 0.29) is 33.6 Å². The lowest BCUT2D eigenvalue weighted by Gasteiger charge is -2.27. The molecule has 9 heteroatoms. The van der Waals surface area contributed by atoms with Crippen LogP contribution >= 0.6 is 35.3 Å². The predicted octanol–water partition coefficient (Wildman–Crippen LogP) is 3.22. The monoisotopic (exact) mass is 536 g/mol. The Hall–Kier alpha value is -1.17. The smallest absolute Gasteiger partial charge is 0.247 e. The Morgan fingerprint density at radius 3 is 2.29 bits per heavy atom.